The summed E-state index contributed by atoms with van der Waals surface area (Å²) in [6.45, 7) is 14.2. The van der Waals surface area contributed by atoms with E-state index in [0.717, 1.165) is 52.1 Å². The van der Waals surface area contributed by atoms with E-state index in [1.165, 1.54) is 5.56 Å². The van der Waals surface area contributed by atoms with E-state index in [1.807, 2.05) is 12.1 Å². The van der Waals surface area contributed by atoms with Crippen LogP contribution in [0.15, 0.2) is 24.3 Å². The number of benzene rings is 1. The van der Waals surface area contributed by atoms with E-state index < -0.39 is 0 Å². The summed E-state index contributed by atoms with van der Waals surface area (Å²) in [5.41, 5.74) is 1.25. The first-order valence-corrected chi connectivity index (χ1v) is 10.7. The molecule has 2 N–H and O–H groups in total. The minimum absolute atomic E-state index is 0. The SMILES string of the molecule is CC(C)(S)CNCC1(NCC(C)(C)S)CCN(Cc2ccc(F)cc2)CC1.[99Tc+5].[O-2]. The monoisotopic (exact) mass is 528 g/mol. The third-order valence-corrected chi connectivity index (χ3v) is 5.37. The van der Waals surface area contributed by atoms with E-state index >= 15 is 0 Å². The molecular weight excluding hydrogens is 492 g/mol. The van der Waals surface area contributed by atoms with Gasteiger partial charge in [0.15, 0.2) is 0 Å². The van der Waals surface area contributed by atoms with Crippen molar-refractivity contribution >= 4 is 25.3 Å². The second-order valence-electron chi connectivity index (χ2n) is 9.26. The van der Waals surface area contributed by atoms with Crippen molar-refractivity contribution in [3.63, 3.8) is 0 Å². The van der Waals surface area contributed by atoms with Crippen LogP contribution in [0.25, 0.3) is 0 Å². The van der Waals surface area contributed by atoms with Crippen molar-refractivity contribution in [1.82, 2.24) is 15.5 Å². The van der Waals surface area contributed by atoms with Crippen molar-refractivity contribution in [3.8, 4) is 0 Å². The van der Waals surface area contributed by atoms with Crippen molar-refractivity contribution in [2.24, 2.45) is 0 Å². The number of piperidine rings is 1. The van der Waals surface area contributed by atoms with E-state index in [-0.39, 0.29) is 46.4 Å². The number of nitrogens with zero attached hydrogens (tertiary/aromatic N) is 1. The Morgan fingerprint density at radius 2 is 1.52 bits per heavy atom. The Bertz CT molecular complexity index is 583. The Morgan fingerprint density at radius 3 is 2.00 bits per heavy atom. The van der Waals surface area contributed by atoms with E-state index in [4.69, 9.17) is 0 Å². The first-order valence-electron chi connectivity index (χ1n) is 9.84. The number of nitrogens with one attached hydrogen (secondary N) is 2. The number of halogens is 1. The van der Waals surface area contributed by atoms with Crippen LogP contribution in [0.1, 0.15) is 46.1 Å². The van der Waals surface area contributed by atoms with Crippen molar-refractivity contribution in [3.05, 3.63) is 35.6 Å². The van der Waals surface area contributed by atoms with Crippen LogP contribution in [0.5, 0.6) is 0 Å². The van der Waals surface area contributed by atoms with E-state index in [0.29, 0.717) is 0 Å². The van der Waals surface area contributed by atoms with Crippen LogP contribution in [-0.2, 0) is 32.1 Å². The average Bonchev–Trinajstić information content (AvgIpc) is 2.55. The van der Waals surface area contributed by atoms with Crippen LogP contribution < -0.4 is 10.6 Å². The van der Waals surface area contributed by atoms with Gasteiger partial charge >= 0.3 is 20.1 Å². The van der Waals surface area contributed by atoms with Gasteiger partial charge in [0.1, 0.15) is 5.82 Å². The van der Waals surface area contributed by atoms with Crippen LogP contribution in [0.4, 0.5) is 4.39 Å². The largest absolute Gasteiger partial charge is 5.00 e. The van der Waals surface area contributed by atoms with Crippen LogP contribution in [0, 0.1) is 5.82 Å². The zero-order valence-corrected chi connectivity index (χ0v) is 21.6. The molecule has 1 aromatic rings. The molecule has 0 bridgehead atoms. The summed E-state index contributed by atoms with van der Waals surface area (Å²) in [6.07, 6.45) is 2.16. The maximum atomic E-state index is 13.1. The third kappa shape index (κ3) is 11.5. The number of likely N-dealkylation sites (tertiary alicyclic amines) is 1. The van der Waals surface area contributed by atoms with Crippen LogP contribution in [0.2, 0.25) is 0 Å². The summed E-state index contributed by atoms with van der Waals surface area (Å²) >= 11 is 9.31. The molecule has 1 aliphatic heterocycles. The van der Waals surface area contributed by atoms with Crippen molar-refractivity contribution in [2.75, 3.05) is 32.7 Å². The maximum absolute atomic E-state index is 13.1. The molecule has 0 spiro atoms. The summed E-state index contributed by atoms with van der Waals surface area (Å²) in [6, 6.07) is 6.86. The number of hydrogen-bond donors (Lipinski definition) is 4. The third-order valence-electron chi connectivity index (χ3n) is 5.05. The van der Waals surface area contributed by atoms with E-state index in [9.17, 15) is 4.39 Å². The Kier molecular flexibility index (Phi) is 12.5. The minimum atomic E-state index is -0.173. The van der Waals surface area contributed by atoms with Gasteiger partial charge in [-0.1, -0.05) is 12.1 Å². The standard InChI is InChI=1S/C21H36FN3S2.O.Tc/c1-19(2,26)14-23-16-21(24-15-20(3,4)27)9-11-25(12-10-21)13-17-5-7-18(22)8-6-17;;/h5-8,23-24,26-27H,9-16H2,1-4H3;;/q;-2;+5/i;;1+1. The summed E-state index contributed by atoms with van der Waals surface area (Å²) in [7, 11) is 0. The van der Waals surface area contributed by atoms with Gasteiger partial charge in [-0.2, -0.15) is 25.3 Å². The molecule has 1 aliphatic rings. The molecule has 0 aromatic heterocycles. The minimum Gasteiger partial charge on any atom is -2.00 e. The predicted molar refractivity (Wildman–Crippen MR) is 121 cm³/mol. The fourth-order valence-electron chi connectivity index (χ4n) is 3.41. The molecule has 2 rings (SSSR count). The summed E-state index contributed by atoms with van der Waals surface area (Å²) < 4.78 is 13.0. The summed E-state index contributed by atoms with van der Waals surface area (Å²) in [5, 5.41) is 7.43. The predicted octanol–water partition coefficient (Wildman–Crippen LogP) is 3.64. The quantitative estimate of drug-likeness (QED) is 0.371. The molecule has 4 nitrogen and oxygen atoms in total. The Balaban J connectivity index is 0.00000392. The summed E-state index contributed by atoms with van der Waals surface area (Å²) in [4.78, 5) is 2.46. The first kappa shape index (κ1) is 29.3. The van der Waals surface area contributed by atoms with Crippen LogP contribution in [0.3, 0.4) is 0 Å². The Hall–Kier alpha value is 0.339. The summed E-state index contributed by atoms with van der Waals surface area (Å²) in [5.74, 6) is -0.173. The van der Waals surface area contributed by atoms with Crippen LogP contribution >= 0.6 is 25.3 Å². The van der Waals surface area contributed by atoms with Crippen molar-refractivity contribution in [1.29, 1.82) is 0 Å². The molecule has 0 amide bonds. The zero-order chi connectivity index (χ0) is 20.1. The maximum Gasteiger partial charge on any atom is 5.00 e. The molecule has 0 unspecified atom stereocenters. The fraction of sp³-hybridized carbons (Fsp3) is 0.714. The number of thiol groups is 2. The molecule has 0 atom stereocenters. The first-order chi connectivity index (χ1) is 12.5. The smallest absolute Gasteiger partial charge is 2.00 e. The molecule has 1 aromatic carbocycles. The zero-order valence-electron chi connectivity index (χ0n) is 18.0. The molecule has 0 radical (unpaired) electrons. The second kappa shape index (κ2) is 12.4. The average molecular weight is 529 g/mol. The van der Waals surface area contributed by atoms with Crippen molar-refractivity contribution < 1.29 is 30.0 Å². The number of hydrogen-bond acceptors (Lipinski definition) is 5. The van der Waals surface area contributed by atoms with Crippen molar-refractivity contribution in [2.45, 2.75) is 62.1 Å². The molecule has 164 valence electrons. The number of rotatable bonds is 9. The molecule has 1 fully saturated rings. The molecule has 29 heavy (non-hydrogen) atoms. The topological polar surface area (TPSA) is 55.8 Å². The normalized spacial score (nSPS) is 17.3. The van der Waals surface area contributed by atoms with Gasteiger partial charge in [-0.15, -0.1) is 0 Å². The fourth-order valence-corrected chi connectivity index (χ4v) is 3.61. The molecule has 0 aliphatic carbocycles. The van der Waals surface area contributed by atoms with E-state index in [1.54, 1.807) is 12.1 Å². The van der Waals surface area contributed by atoms with E-state index in [2.05, 4.69) is 68.5 Å². The molecular formula is C21H36FN3OS2Tc+3. The second-order valence-corrected chi connectivity index (χ2v) is 11.7. The van der Waals surface area contributed by atoms with Gasteiger partial charge in [-0.3, -0.25) is 4.90 Å². The van der Waals surface area contributed by atoms with Gasteiger partial charge in [-0.05, 0) is 58.2 Å². The van der Waals surface area contributed by atoms with Gasteiger partial charge in [0.05, 0.1) is 0 Å². The van der Waals surface area contributed by atoms with Gasteiger partial charge in [-0.25, -0.2) is 4.39 Å². The molecule has 1 saturated heterocycles. The Labute approximate surface area is 200 Å². The molecule has 8 heteroatoms. The van der Waals surface area contributed by atoms with Gasteiger partial charge in [0, 0.05) is 54.3 Å². The van der Waals surface area contributed by atoms with Gasteiger partial charge in [0.2, 0.25) is 0 Å². The van der Waals surface area contributed by atoms with Gasteiger partial charge < -0.3 is 16.1 Å². The Morgan fingerprint density at radius 1 is 1.00 bits per heavy atom. The molecule has 0 saturated carbocycles. The van der Waals surface area contributed by atoms with Crippen LogP contribution in [-0.4, -0.2) is 52.7 Å². The van der Waals surface area contributed by atoms with Gasteiger partial charge in [0.25, 0.3) is 0 Å². The molecule has 1 heterocycles.